The van der Waals surface area contributed by atoms with E-state index in [1.165, 1.54) is 115 Å². The predicted molar refractivity (Wildman–Crippen MR) is 254 cm³/mol. The molecule has 2 spiro atoms. The molecule has 0 saturated heterocycles. The van der Waals surface area contributed by atoms with Gasteiger partial charge in [0.25, 0.3) is 0 Å². The molecule has 3 heterocycles. The highest BCUT2D eigenvalue weighted by Crippen LogP contribution is 2.64. The second-order valence-electron chi connectivity index (χ2n) is 18.1. The topological polar surface area (TPSA) is 3.24 Å². The molecule has 0 radical (unpaired) electrons. The molecule has 2 heteroatoms. The number of rotatable bonds is 1. The summed E-state index contributed by atoms with van der Waals surface area (Å²) in [6.45, 7) is 9.36. The zero-order valence-electron chi connectivity index (χ0n) is 34.3. The molecule has 0 saturated carbocycles. The minimum Gasteiger partial charge on any atom is -0.310 e. The Labute approximate surface area is 353 Å². The first-order valence-corrected chi connectivity index (χ1v) is 23.4. The van der Waals surface area contributed by atoms with Gasteiger partial charge in [0.2, 0.25) is 0 Å². The lowest BCUT2D eigenvalue weighted by atomic mass is 9.52. The van der Waals surface area contributed by atoms with E-state index in [1.54, 1.807) is 0 Å². The molecule has 0 N–H and O–H groups in total. The van der Waals surface area contributed by atoms with Crippen molar-refractivity contribution in [2.45, 2.75) is 38.5 Å². The fourth-order valence-electron chi connectivity index (χ4n) is 12.5. The average Bonchev–Trinajstić information content (AvgIpc) is 3.73. The fourth-order valence-corrected chi connectivity index (χ4v) is 18.3. The normalized spacial score (nSPS) is 16.0. The highest BCUT2D eigenvalue weighted by Gasteiger charge is 2.56. The molecule has 60 heavy (non-hydrogen) atoms. The number of nitrogens with zero attached hydrogens (tertiary/aromatic N) is 1. The van der Waals surface area contributed by atoms with E-state index in [9.17, 15) is 0 Å². The van der Waals surface area contributed by atoms with Crippen molar-refractivity contribution in [1.29, 1.82) is 0 Å². The van der Waals surface area contributed by atoms with E-state index in [-0.39, 0.29) is 5.41 Å². The molecule has 9 aromatic carbocycles. The predicted octanol–water partition coefficient (Wildman–Crippen LogP) is 11.6. The van der Waals surface area contributed by atoms with Crippen molar-refractivity contribution < 1.29 is 0 Å². The van der Waals surface area contributed by atoms with Crippen LogP contribution in [0.1, 0.15) is 58.4 Å². The molecule has 0 amide bonds. The van der Waals surface area contributed by atoms with Crippen molar-refractivity contribution in [2.75, 3.05) is 4.90 Å². The Morgan fingerprint density at radius 2 is 0.917 bits per heavy atom. The van der Waals surface area contributed by atoms with Crippen LogP contribution in [0.4, 0.5) is 17.1 Å². The van der Waals surface area contributed by atoms with E-state index in [4.69, 9.17) is 0 Å². The van der Waals surface area contributed by atoms with Crippen molar-refractivity contribution in [2.24, 2.45) is 0 Å². The Morgan fingerprint density at radius 3 is 1.60 bits per heavy atom. The van der Waals surface area contributed by atoms with Crippen LogP contribution in [0.5, 0.6) is 0 Å². The second-order valence-corrected chi connectivity index (χ2v) is 21.8. The van der Waals surface area contributed by atoms with Gasteiger partial charge in [-0.2, -0.15) is 0 Å². The smallest absolute Gasteiger partial charge is 0.182 e. The van der Waals surface area contributed by atoms with Crippen molar-refractivity contribution in [3.8, 4) is 22.3 Å². The zero-order chi connectivity index (χ0) is 40.1. The third-order valence-corrected chi connectivity index (χ3v) is 19.7. The van der Waals surface area contributed by atoms with Crippen LogP contribution in [-0.2, 0) is 10.8 Å². The van der Waals surface area contributed by atoms with Gasteiger partial charge in [-0.15, -0.1) is 0 Å². The maximum Gasteiger partial charge on any atom is 0.182 e. The molecule has 0 bridgehead atoms. The van der Waals surface area contributed by atoms with E-state index in [0.717, 1.165) is 0 Å². The standard InChI is InChI=1S/C58H43NSi/c1-36-25-29-42-43-30-26-37(2)34-54(43)60(53(42)33-36)52-24-14-7-17-41(52)44-31-28-39(35-55(44)60)59-50-22-12-10-20-47(50)58(48-21-11-13-23-51(48)59)46-19-9-8-18-45(46)57(3,4)49-32-27-38-15-5-6-16-40(38)56(49)58/h5-35H,1-4H3. The number of hydrogen-bond donors (Lipinski definition) is 0. The molecule has 13 rings (SSSR count). The summed E-state index contributed by atoms with van der Waals surface area (Å²) in [5.41, 5.74) is 19.3. The van der Waals surface area contributed by atoms with Crippen LogP contribution < -0.4 is 25.6 Å². The largest absolute Gasteiger partial charge is 0.310 e. The third kappa shape index (κ3) is 3.98. The summed E-state index contributed by atoms with van der Waals surface area (Å²) in [5, 5.41) is 8.65. The van der Waals surface area contributed by atoms with Gasteiger partial charge in [-0.3, -0.25) is 0 Å². The molecular weight excluding hydrogens is 739 g/mol. The Hall–Kier alpha value is -6.74. The fraction of sp³-hybridized carbons (Fsp3) is 0.103. The van der Waals surface area contributed by atoms with Gasteiger partial charge in [-0.25, -0.2) is 0 Å². The highest BCUT2D eigenvalue weighted by molar-refractivity contribution is 7.24. The van der Waals surface area contributed by atoms with Crippen LogP contribution >= 0.6 is 0 Å². The molecule has 9 aromatic rings. The molecule has 1 nitrogen and oxygen atoms in total. The summed E-state index contributed by atoms with van der Waals surface area (Å²) in [4.78, 5) is 2.59. The minimum absolute atomic E-state index is 0.194. The Balaban J connectivity index is 1.13. The van der Waals surface area contributed by atoms with E-state index in [1.807, 2.05) is 0 Å². The van der Waals surface area contributed by atoms with Gasteiger partial charge >= 0.3 is 0 Å². The van der Waals surface area contributed by atoms with Gasteiger partial charge < -0.3 is 4.90 Å². The molecule has 0 atom stereocenters. The van der Waals surface area contributed by atoms with E-state index >= 15 is 0 Å². The molecule has 284 valence electrons. The number of anilines is 3. The SMILES string of the molecule is Cc1ccc2c(c1)[Si]1(c3ccccc3-c3ccc(N4c5ccccc5C5(c6ccccc64)c4ccccc4C(C)(C)c4ccc6ccccc6c45)cc31)c1cc(C)ccc1-2. The Kier molecular flexibility index (Phi) is 6.67. The van der Waals surface area contributed by atoms with E-state index < -0.39 is 13.5 Å². The van der Waals surface area contributed by atoms with Crippen LogP contribution in [0.15, 0.2) is 188 Å². The van der Waals surface area contributed by atoms with Crippen molar-refractivity contribution in [3.63, 3.8) is 0 Å². The summed E-state index contributed by atoms with van der Waals surface area (Å²) in [6, 6.07) is 72.9. The lowest BCUT2D eigenvalue weighted by Gasteiger charge is -2.52. The summed E-state index contributed by atoms with van der Waals surface area (Å²) < 4.78 is 0. The molecular formula is C58H43NSi. The molecule has 4 aliphatic rings. The van der Waals surface area contributed by atoms with Crippen LogP contribution in [-0.4, -0.2) is 8.07 Å². The summed E-state index contributed by atoms with van der Waals surface area (Å²) in [5.74, 6) is 0. The van der Waals surface area contributed by atoms with Gasteiger partial charge in [0.1, 0.15) is 0 Å². The first-order chi connectivity index (χ1) is 29.3. The van der Waals surface area contributed by atoms with Gasteiger partial charge in [0.05, 0.1) is 16.8 Å². The first kappa shape index (κ1) is 34.2. The number of fused-ring (bicyclic) bond motifs is 20. The van der Waals surface area contributed by atoms with Gasteiger partial charge in [-0.1, -0.05) is 189 Å². The summed E-state index contributed by atoms with van der Waals surface area (Å²) in [6.07, 6.45) is 0. The zero-order valence-corrected chi connectivity index (χ0v) is 35.3. The summed E-state index contributed by atoms with van der Waals surface area (Å²) in [7, 11) is -2.70. The molecule has 0 fully saturated rings. The van der Waals surface area contributed by atoms with Crippen LogP contribution in [0.3, 0.4) is 0 Å². The van der Waals surface area contributed by atoms with Gasteiger partial charge in [0.15, 0.2) is 8.07 Å². The third-order valence-electron chi connectivity index (χ3n) is 14.8. The highest BCUT2D eigenvalue weighted by atomic mass is 28.3. The molecule has 3 aliphatic heterocycles. The average molecular weight is 782 g/mol. The quantitative estimate of drug-likeness (QED) is 0.150. The van der Waals surface area contributed by atoms with Crippen LogP contribution in [0.25, 0.3) is 33.0 Å². The lowest BCUT2D eigenvalue weighted by Crippen LogP contribution is -2.70. The number of benzene rings is 9. The molecule has 0 aromatic heterocycles. The minimum atomic E-state index is -2.70. The molecule has 1 aliphatic carbocycles. The van der Waals surface area contributed by atoms with Crippen molar-refractivity contribution in [3.05, 3.63) is 233 Å². The van der Waals surface area contributed by atoms with Gasteiger partial charge in [0, 0.05) is 11.1 Å². The monoisotopic (exact) mass is 781 g/mol. The second kappa shape index (κ2) is 11.7. The lowest BCUT2D eigenvalue weighted by molar-refractivity contribution is 0.560. The maximum atomic E-state index is 2.61. The van der Waals surface area contributed by atoms with Gasteiger partial charge in [-0.05, 0) is 125 Å². The van der Waals surface area contributed by atoms with Crippen molar-refractivity contribution >= 4 is 56.7 Å². The van der Waals surface area contributed by atoms with E-state index in [2.05, 4.69) is 221 Å². The van der Waals surface area contributed by atoms with Crippen LogP contribution in [0, 0.1) is 13.8 Å². The Morgan fingerprint density at radius 1 is 0.400 bits per heavy atom. The van der Waals surface area contributed by atoms with Crippen LogP contribution in [0.2, 0.25) is 0 Å². The molecule has 0 unspecified atom stereocenters. The number of aryl methyl sites for hydroxylation is 2. The number of para-hydroxylation sites is 2. The first-order valence-electron chi connectivity index (χ1n) is 21.4. The summed E-state index contributed by atoms with van der Waals surface area (Å²) >= 11 is 0. The number of hydrogen-bond acceptors (Lipinski definition) is 1. The Bertz CT molecular complexity index is 3250. The van der Waals surface area contributed by atoms with Crippen molar-refractivity contribution in [1.82, 2.24) is 0 Å². The maximum absolute atomic E-state index is 2.70. The van der Waals surface area contributed by atoms with E-state index in [0.29, 0.717) is 0 Å².